The third kappa shape index (κ3) is 3.49. The van der Waals surface area contributed by atoms with Gasteiger partial charge in [0.25, 0.3) is 5.91 Å². The van der Waals surface area contributed by atoms with Gasteiger partial charge in [0.05, 0.1) is 15.1 Å². The summed E-state index contributed by atoms with van der Waals surface area (Å²) in [5, 5.41) is 10.7. The SMILES string of the molecule is Cn1c(=NC(=O)/C=C/c2ccc([N+](=O)[O-])s2)sc2cc3c(cc21)OCCO3. The Morgan fingerprint density at radius 3 is 2.70 bits per heavy atom. The highest BCUT2D eigenvalue weighted by Gasteiger charge is 2.15. The number of thiophene rings is 1. The van der Waals surface area contributed by atoms with Crippen molar-refractivity contribution in [3.05, 3.63) is 50.1 Å². The summed E-state index contributed by atoms with van der Waals surface area (Å²) in [7, 11) is 1.83. The molecule has 0 N–H and O–H groups in total. The molecule has 0 bridgehead atoms. The molecule has 1 amide bonds. The molecular formula is C17H13N3O5S2. The van der Waals surface area contributed by atoms with Crippen molar-refractivity contribution in [1.29, 1.82) is 0 Å². The average Bonchev–Trinajstić information content (AvgIpc) is 3.24. The number of hydrogen-bond acceptors (Lipinski definition) is 7. The molecule has 1 aromatic carbocycles. The second-order valence-corrected chi connectivity index (χ2v) is 7.73. The molecule has 0 saturated heterocycles. The highest BCUT2D eigenvalue weighted by Crippen LogP contribution is 2.35. The lowest BCUT2D eigenvalue weighted by atomic mass is 10.3. The maximum atomic E-state index is 12.2. The third-order valence-electron chi connectivity index (χ3n) is 3.86. The highest BCUT2D eigenvalue weighted by molar-refractivity contribution is 7.16. The molecule has 1 aliphatic rings. The van der Waals surface area contributed by atoms with E-state index in [1.807, 2.05) is 23.7 Å². The van der Waals surface area contributed by atoms with Gasteiger partial charge < -0.3 is 14.0 Å². The lowest BCUT2D eigenvalue weighted by Gasteiger charge is -2.18. The number of fused-ring (bicyclic) bond motifs is 2. The monoisotopic (exact) mass is 403 g/mol. The van der Waals surface area contributed by atoms with Crippen LogP contribution in [-0.4, -0.2) is 28.6 Å². The fourth-order valence-corrected chi connectivity index (χ4v) is 4.34. The molecule has 4 rings (SSSR count). The van der Waals surface area contributed by atoms with Gasteiger partial charge in [0.2, 0.25) is 0 Å². The Morgan fingerprint density at radius 1 is 1.26 bits per heavy atom. The van der Waals surface area contributed by atoms with Crippen molar-refractivity contribution in [2.45, 2.75) is 0 Å². The van der Waals surface area contributed by atoms with Crippen molar-refractivity contribution in [3.63, 3.8) is 0 Å². The van der Waals surface area contributed by atoms with Gasteiger partial charge in [-0.25, -0.2) is 0 Å². The van der Waals surface area contributed by atoms with Crippen LogP contribution in [0.5, 0.6) is 11.5 Å². The van der Waals surface area contributed by atoms with E-state index in [1.54, 1.807) is 6.07 Å². The van der Waals surface area contributed by atoms with Crippen molar-refractivity contribution < 1.29 is 19.2 Å². The smallest absolute Gasteiger partial charge is 0.324 e. The van der Waals surface area contributed by atoms with Crippen LogP contribution in [0.2, 0.25) is 0 Å². The zero-order chi connectivity index (χ0) is 19.0. The minimum absolute atomic E-state index is 0.0309. The van der Waals surface area contributed by atoms with Gasteiger partial charge in [0.15, 0.2) is 16.3 Å². The molecule has 10 heteroatoms. The van der Waals surface area contributed by atoms with Crippen molar-refractivity contribution in [2.24, 2.45) is 12.0 Å². The summed E-state index contributed by atoms with van der Waals surface area (Å²) in [5.74, 6) is 0.928. The normalized spacial score (nSPS) is 14.2. The number of carbonyl (C=O) groups is 1. The number of nitro groups is 1. The zero-order valence-electron chi connectivity index (χ0n) is 14.1. The van der Waals surface area contributed by atoms with Crippen LogP contribution < -0.4 is 14.3 Å². The van der Waals surface area contributed by atoms with Crippen molar-refractivity contribution in [1.82, 2.24) is 4.57 Å². The van der Waals surface area contributed by atoms with Gasteiger partial charge in [-0.2, -0.15) is 4.99 Å². The van der Waals surface area contributed by atoms with Gasteiger partial charge in [-0.05, 0) is 12.1 Å². The molecule has 0 fully saturated rings. The molecule has 0 radical (unpaired) electrons. The number of carbonyl (C=O) groups excluding carboxylic acids is 1. The molecule has 8 nitrogen and oxygen atoms in total. The number of aryl methyl sites for hydroxylation is 1. The van der Waals surface area contributed by atoms with Crippen LogP contribution in [0.3, 0.4) is 0 Å². The molecule has 0 unspecified atom stereocenters. The Balaban J connectivity index is 1.63. The topological polar surface area (TPSA) is 96.0 Å². The van der Waals surface area contributed by atoms with Gasteiger partial charge in [-0.1, -0.05) is 22.7 Å². The minimum Gasteiger partial charge on any atom is -0.486 e. The molecule has 3 heterocycles. The van der Waals surface area contributed by atoms with E-state index in [-0.39, 0.29) is 5.00 Å². The summed E-state index contributed by atoms with van der Waals surface area (Å²) in [6, 6.07) is 6.77. The van der Waals surface area contributed by atoms with Crippen molar-refractivity contribution >= 4 is 49.9 Å². The summed E-state index contributed by atoms with van der Waals surface area (Å²) in [4.78, 5) is 27.7. The molecule has 1 aliphatic heterocycles. The first-order valence-corrected chi connectivity index (χ1v) is 9.55. The highest BCUT2D eigenvalue weighted by atomic mass is 32.1. The first-order valence-electron chi connectivity index (χ1n) is 7.91. The van der Waals surface area contributed by atoms with Gasteiger partial charge in [-0.3, -0.25) is 14.9 Å². The predicted molar refractivity (Wildman–Crippen MR) is 102 cm³/mol. The van der Waals surface area contributed by atoms with Crippen LogP contribution in [0.4, 0.5) is 5.00 Å². The Hall–Kier alpha value is -2.98. The van der Waals surface area contributed by atoms with Crippen LogP contribution in [0, 0.1) is 10.1 Å². The van der Waals surface area contributed by atoms with Crippen LogP contribution in [0.25, 0.3) is 16.3 Å². The average molecular weight is 403 g/mol. The molecule has 138 valence electrons. The van der Waals surface area contributed by atoms with E-state index in [1.165, 1.54) is 29.6 Å². The molecular weight excluding hydrogens is 390 g/mol. The summed E-state index contributed by atoms with van der Waals surface area (Å²) in [5.41, 5.74) is 0.897. The summed E-state index contributed by atoms with van der Waals surface area (Å²) in [6.45, 7) is 1.02. The van der Waals surface area contributed by atoms with Gasteiger partial charge in [-0.15, -0.1) is 0 Å². The molecule has 0 saturated carbocycles. The number of nitrogens with zero attached hydrogens (tertiary/aromatic N) is 3. The fourth-order valence-electron chi connectivity index (χ4n) is 2.59. The number of ether oxygens (including phenoxy) is 2. The number of benzene rings is 1. The van der Waals surface area contributed by atoms with Crippen LogP contribution in [0.15, 0.2) is 35.3 Å². The van der Waals surface area contributed by atoms with Crippen LogP contribution in [-0.2, 0) is 11.8 Å². The fraction of sp³-hybridized carbons (Fsp3) is 0.176. The Morgan fingerprint density at radius 2 is 2.00 bits per heavy atom. The Kier molecular flexibility index (Phi) is 4.50. The molecule has 3 aromatic rings. The first-order chi connectivity index (χ1) is 13.0. The maximum absolute atomic E-state index is 12.2. The third-order valence-corrected chi connectivity index (χ3v) is 5.96. The quantitative estimate of drug-likeness (QED) is 0.380. The van der Waals surface area contributed by atoms with Crippen molar-refractivity contribution in [2.75, 3.05) is 13.2 Å². The second-order valence-electron chi connectivity index (χ2n) is 5.62. The van der Waals surface area contributed by atoms with E-state index in [0.717, 1.165) is 21.6 Å². The van der Waals surface area contributed by atoms with E-state index in [2.05, 4.69) is 4.99 Å². The van der Waals surface area contributed by atoms with Crippen molar-refractivity contribution in [3.8, 4) is 11.5 Å². The van der Waals surface area contributed by atoms with E-state index < -0.39 is 10.8 Å². The molecule has 0 atom stereocenters. The second kappa shape index (κ2) is 6.97. The molecule has 0 aliphatic carbocycles. The van der Waals surface area contributed by atoms with E-state index in [4.69, 9.17) is 9.47 Å². The molecule has 0 spiro atoms. The van der Waals surface area contributed by atoms with Crippen LogP contribution >= 0.6 is 22.7 Å². The largest absolute Gasteiger partial charge is 0.486 e. The van der Waals surface area contributed by atoms with E-state index in [9.17, 15) is 14.9 Å². The van der Waals surface area contributed by atoms with E-state index >= 15 is 0 Å². The lowest BCUT2D eigenvalue weighted by Crippen LogP contribution is -2.15. The predicted octanol–water partition coefficient (Wildman–Crippen LogP) is 3.12. The maximum Gasteiger partial charge on any atom is 0.324 e. The number of amides is 1. The molecule has 2 aromatic heterocycles. The molecule has 27 heavy (non-hydrogen) atoms. The number of aromatic nitrogens is 1. The van der Waals surface area contributed by atoms with Gasteiger partial charge >= 0.3 is 5.00 Å². The van der Waals surface area contributed by atoms with Gasteiger partial charge in [0, 0.05) is 36.2 Å². The Labute approximate surface area is 160 Å². The van der Waals surface area contributed by atoms with Gasteiger partial charge in [0.1, 0.15) is 13.2 Å². The Bertz CT molecular complexity index is 1160. The number of thiazole rings is 1. The number of hydrogen-bond donors (Lipinski definition) is 0. The summed E-state index contributed by atoms with van der Waals surface area (Å²) >= 11 is 2.37. The standard InChI is InChI=1S/C17H13N3O5S2/c1-19-11-8-12-13(25-7-6-24-12)9-14(11)27-17(19)18-15(21)4-2-10-3-5-16(26-10)20(22)23/h2-5,8-9H,6-7H2,1H3/b4-2+,18-17?. The zero-order valence-corrected chi connectivity index (χ0v) is 15.7. The minimum atomic E-state index is -0.460. The number of rotatable bonds is 3. The summed E-state index contributed by atoms with van der Waals surface area (Å²) in [6.07, 6.45) is 2.83. The summed E-state index contributed by atoms with van der Waals surface area (Å²) < 4.78 is 13.9. The van der Waals surface area contributed by atoms with Crippen LogP contribution in [0.1, 0.15) is 4.88 Å². The van der Waals surface area contributed by atoms with E-state index in [0.29, 0.717) is 34.4 Å². The first kappa shape index (κ1) is 17.4. The lowest BCUT2D eigenvalue weighted by molar-refractivity contribution is -0.380.